The molecule has 3 unspecified atom stereocenters. The van der Waals surface area contributed by atoms with Gasteiger partial charge >= 0.3 is 6.09 Å². The van der Waals surface area contributed by atoms with Gasteiger partial charge in [0, 0.05) is 12.1 Å². The van der Waals surface area contributed by atoms with E-state index in [9.17, 15) is 19.5 Å². The minimum atomic E-state index is -0.947. The van der Waals surface area contributed by atoms with Crippen LogP contribution in [0.4, 0.5) is 4.79 Å². The molecule has 36 heavy (non-hydrogen) atoms. The van der Waals surface area contributed by atoms with Gasteiger partial charge in [-0.2, -0.15) is 0 Å². The number of carbonyl (C=O) groups excluding carboxylic acids is 3. The highest BCUT2D eigenvalue weighted by Crippen LogP contribution is 2.33. The van der Waals surface area contributed by atoms with Crippen molar-refractivity contribution in [3.05, 3.63) is 29.8 Å². The number of nitrogens with one attached hydrogen (secondary N) is 2. The molecule has 0 aromatic heterocycles. The van der Waals surface area contributed by atoms with Crippen molar-refractivity contribution in [2.24, 2.45) is 5.92 Å². The minimum Gasteiger partial charge on any atom is -0.508 e. The number of unbranched alkanes of at least 4 members (excludes halogenated alkanes) is 1. The van der Waals surface area contributed by atoms with Crippen molar-refractivity contribution in [3.63, 3.8) is 0 Å². The number of nitrogens with zero attached hydrogens (tertiary/aromatic N) is 1. The normalized spacial score (nSPS) is 14.4. The van der Waals surface area contributed by atoms with Gasteiger partial charge in [-0.15, -0.1) is 0 Å². The molecule has 8 nitrogen and oxygen atoms in total. The quantitative estimate of drug-likeness (QED) is 0.334. The van der Waals surface area contributed by atoms with Crippen molar-refractivity contribution in [1.29, 1.82) is 0 Å². The van der Waals surface area contributed by atoms with Crippen molar-refractivity contribution in [1.82, 2.24) is 15.5 Å². The average Bonchev–Trinajstić information content (AvgIpc) is 2.79. The Hall–Kier alpha value is -2.77. The van der Waals surface area contributed by atoms with Crippen LogP contribution in [-0.2, 0) is 14.3 Å². The smallest absolute Gasteiger partial charge is 0.408 e. The lowest BCUT2D eigenvalue weighted by atomic mass is 9.89. The molecule has 0 fully saturated rings. The molecule has 0 radical (unpaired) electrons. The molecule has 3 atom stereocenters. The monoisotopic (exact) mass is 505 g/mol. The Bertz CT molecular complexity index is 861. The molecule has 1 aromatic rings. The Morgan fingerprint density at radius 2 is 1.61 bits per heavy atom. The van der Waals surface area contributed by atoms with E-state index in [4.69, 9.17) is 4.74 Å². The maximum atomic E-state index is 14.3. The van der Waals surface area contributed by atoms with Crippen LogP contribution in [0.25, 0.3) is 0 Å². The lowest BCUT2D eigenvalue weighted by Gasteiger charge is -2.45. The van der Waals surface area contributed by atoms with E-state index in [1.807, 2.05) is 41.5 Å². The lowest BCUT2D eigenvalue weighted by molar-refractivity contribution is -0.150. The second kappa shape index (κ2) is 13.5. The third kappa shape index (κ3) is 9.03. The number of hydrogen-bond acceptors (Lipinski definition) is 5. The van der Waals surface area contributed by atoms with Gasteiger partial charge in [0.1, 0.15) is 23.4 Å². The second-order valence-electron chi connectivity index (χ2n) is 11.0. The topological polar surface area (TPSA) is 108 Å². The lowest BCUT2D eigenvalue weighted by Crippen LogP contribution is -2.60. The number of phenols is 1. The molecule has 0 saturated carbocycles. The van der Waals surface area contributed by atoms with E-state index in [1.165, 1.54) is 12.1 Å². The van der Waals surface area contributed by atoms with E-state index in [0.29, 0.717) is 24.9 Å². The van der Waals surface area contributed by atoms with Gasteiger partial charge in [-0.1, -0.05) is 52.7 Å². The largest absolute Gasteiger partial charge is 0.508 e. The number of hydrogen-bond donors (Lipinski definition) is 3. The summed E-state index contributed by atoms with van der Waals surface area (Å²) in [7, 11) is 0. The van der Waals surface area contributed by atoms with Gasteiger partial charge in [0.2, 0.25) is 11.8 Å². The van der Waals surface area contributed by atoms with E-state index in [1.54, 1.807) is 37.8 Å². The average molecular weight is 506 g/mol. The number of alkyl carbamates (subject to hydrolysis) is 1. The first-order valence-corrected chi connectivity index (χ1v) is 13.1. The van der Waals surface area contributed by atoms with Gasteiger partial charge in [0.25, 0.3) is 0 Å². The van der Waals surface area contributed by atoms with Crippen molar-refractivity contribution in [2.75, 3.05) is 6.54 Å². The third-order valence-corrected chi connectivity index (χ3v) is 6.45. The van der Waals surface area contributed by atoms with Crippen LogP contribution < -0.4 is 10.6 Å². The number of phenolic OH excluding ortho intramolecular Hbond substituents is 1. The SMILES string of the molecule is CCCCNC(=O)C(c1ccc(O)cc1)N(C(=O)C(NC(=O)OC(C)(C)C)C(C)CC)C(C)(C)CC. The minimum absolute atomic E-state index is 0.0700. The fourth-order valence-corrected chi connectivity index (χ4v) is 3.77. The van der Waals surface area contributed by atoms with Crippen LogP contribution in [0.3, 0.4) is 0 Å². The number of amides is 3. The third-order valence-electron chi connectivity index (χ3n) is 6.45. The van der Waals surface area contributed by atoms with Gasteiger partial charge in [-0.05, 0) is 71.1 Å². The molecule has 204 valence electrons. The highest BCUT2D eigenvalue weighted by Gasteiger charge is 2.44. The number of rotatable bonds is 12. The van der Waals surface area contributed by atoms with Crippen LogP contribution in [0.1, 0.15) is 99.6 Å². The molecule has 1 rings (SSSR count). The summed E-state index contributed by atoms with van der Waals surface area (Å²) < 4.78 is 5.45. The molecule has 0 aliphatic heterocycles. The summed E-state index contributed by atoms with van der Waals surface area (Å²) in [6.45, 7) is 17.5. The number of carbonyl (C=O) groups is 3. The maximum absolute atomic E-state index is 14.3. The zero-order valence-corrected chi connectivity index (χ0v) is 23.6. The summed E-state index contributed by atoms with van der Waals surface area (Å²) in [4.78, 5) is 42.2. The summed E-state index contributed by atoms with van der Waals surface area (Å²) in [6, 6.07) is 4.49. The molecule has 8 heteroatoms. The Kier molecular flexibility index (Phi) is 11.7. The van der Waals surface area contributed by atoms with Gasteiger partial charge in [-0.25, -0.2) is 4.79 Å². The molecule has 0 aliphatic rings. The van der Waals surface area contributed by atoms with Crippen molar-refractivity contribution in [3.8, 4) is 5.75 Å². The fourth-order valence-electron chi connectivity index (χ4n) is 3.77. The first-order chi connectivity index (χ1) is 16.7. The van der Waals surface area contributed by atoms with Crippen molar-refractivity contribution >= 4 is 17.9 Å². The van der Waals surface area contributed by atoms with E-state index >= 15 is 0 Å². The Morgan fingerprint density at radius 1 is 1.03 bits per heavy atom. The van der Waals surface area contributed by atoms with Crippen molar-refractivity contribution < 1.29 is 24.2 Å². The second-order valence-corrected chi connectivity index (χ2v) is 11.0. The van der Waals surface area contributed by atoms with Crippen LogP contribution in [0.5, 0.6) is 5.75 Å². The molecule has 1 aromatic carbocycles. The van der Waals surface area contributed by atoms with Crippen LogP contribution in [0, 0.1) is 5.92 Å². The first-order valence-electron chi connectivity index (χ1n) is 13.1. The zero-order chi connectivity index (χ0) is 27.7. The van der Waals surface area contributed by atoms with Crippen LogP contribution in [0.15, 0.2) is 24.3 Å². The van der Waals surface area contributed by atoms with E-state index < -0.39 is 29.3 Å². The Morgan fingerprint density at radius 3 is 2.08 bits per heavy atom. The standard InChI is InChI=1S/C28H47N3O5/c1-10-13-18-29-24(33)23(20-14-16-21(32)17-15-20)31(28(8,9)12-3)25(34)22(19(4)11-2)30-26(35)36-27(5,6)7/h14-17,19,22-23,32H,10-13,18H2,1-9H3,(H,29,33)(H,30,35). The van der Waals surface area contributed by atoms with Crippen LogP contribution in [0.2, 0.25) is 0 Å². The fraction of sp³-hybridized carbons (Fsp3) is 0.679. The molecular weight excluding hydrogens is 458 g/mol. The molecule has 0 aliphatic carbocycles. The van der Waals surface area contributed by atoms with E-state index in [0.717, 1.165) is 12.8 Å². The van der Waals surface area contributed by atoms with Gasteiger partial charge < -0.3 is 25.4 Å². The summed E-state index contributed by atoms with van der Waals surface area (Å²) in [6.07, 6.45) is 2.27. The molecule has 3 amide bonds. The number of aromatic hydroxyl groups is 1. The van der Waals surface area contributed by atoms with Gasteiger partial charge in [0.05, 0.1) is 0 Å². The molecule has 0 spiro atoms. The van der Waals surface area contributed by atoms with Crippen LogP contribution >= 0.6 is 0 Å². The number of ether oxygens (including phenoxy) is 1. The molecular formula is C28H47N3O5. The van der Waals surface area contributed by atoms with E-state index in [-0.39, 0.29) is 23.5 Å². The Balaban J connectivity index is 3.60. The highest BCUT2D eigenvalue weighted by atomic mass is 16.6. The van der Waals surface area contributed by atoms with Gasteiger partial charge in [0.15, 0.2) is 0 Å². The summed E-state index contributed by atoms with van der Waals surface area (Å²) >= 11 is 0. The van der Waals surface area contributed by atoms with Crippen molar-refractivity contribution in [2.45, 2.75) is 111 Å². The molecule has 0 heterocycles. The zero-order valence-electron chi connectivity index (χ0n) is 23.6. The molecule has 3 N–H and O–H groups in total. The maximum Gasteiger partial charge on any atom is 0.408 e. The molecule has 0 bridgehead atoms. The number of benzene rings is 1. The Labute approximate surface area is 217 Å². The predicted molar refractivity (Wildman–Crippen MR) is 143 cm³/mol. The molecule has 0 saturated heterocycles. The summed E-state index contributed by atoms with van der Waals surface area (Å²) in [5.74, 6) is -0.792. The van der Waals surface area contributed by atoms with Crippen LogP contribution in [-0.4, -0.2) is 51.6 Å². The highest BCUT2D eigenvalue weighted by molar-refractivity contribution is 5.92. The van der Waals surface area contributed by atoms with E-state index in [2.05, 4.69) is 10.6 Å². The summed E-state index contributed by atoms with van der Waals surface area (Å²) in [5.41, 5.74) is -0.858. The predicted octanol–water partition coefficient (Wildman–Crippen LogP) is 5.31. The first kappa shape index (κ1) is 31.3. The summed E-state index contributed by atoms with van der Waals surface area (Å²) in [5, 5.41) is 15.6. The van der Waals surface area contributed by atoms with Gasteiger partial charge in [-0.3, -0.25) is 9.59 Å².